The first kappa shape index (κ1) is 12.5. The molecule has 4 nitrogen and oxygen atoms in total. The largest absolute Gasteiger partial charge is 0.502 e. The summed E-state index contributed by atoms with van der Waals surface area (Å²) in [5, 5.41) is 19.7. The van der Waals surface area contributed by atoms with Crippen LogP contribution in [0.4, 0.5) is 0 Å². The summed E-state index contributed by atoms with van der Waals surface area (Å²) in [6.45, 7) is 2.08. The average molecular weight is 299 g/mol. The minimum absolute atomic E-state index is 0.201. The summed E-state index contributed by atoms with van der Waals surface area (Å²) < 4.78 is 5.42. The van der Waals surface area contributed by atoms with Crippen molar-refractivity contribution in [2.45, 2.75) is 19.3 Å². The SMILES string of the molecule is Cc1cccc2c1Cc1scnc1C2c1occ(O)c1O. The zero-order valence-electron chi connectivity index (χ0n) is 11.3. The van der Waals surface area contributed by atoms with Gasteiger partial charge in [-0.1, -0.05) is 18.2 Å². The molecule has 4 rings (SSSR count). The minimum atomic E-state index is -0.268. The molecule has 21 heavy (non-hydrogen) atoms. The molecule has 3 aromatic rings. The van der Waals surface area contributed by atoms with E-state index >= 15 is 0 Å². The van der Waals surface area contributed by atoms with E-state index in [1.54, 1.807) is 11.3 Å². The summed E-state index contributed by atoms with van der Waals surface area (Å²) in [4.78, 5) is 5.64. The molecule has 1 aliphatic rings. The fraction of sp³-hybridized carbons (Fsp3) is 0.188. The van der Waals surface area contributed by atoms with Crippen LogP contribution in [-0.2, 0) is 6.42 Å². The Morgan fingerprint density at radius 3 is 2.95 bits per heavy atom. The molecule has 1 unspecified atom stereocenters. The van der Waals surface area contributed by atoms with Crippen LogP contribution in [0.5, 0.6) is 11.5 Å². The van der Waals surface area contributed by atoms with Gasteiger partial charge in [-0.2, -0.15) is 0 Å². The Labute approximate surface area is 125 Å². The van der Waals surface area contributed by atoms with Gasteiger partial charge in [-0.3, -0.25) is 0 Å². The van der Waals surface area contributed by atoms with Crippen molar-refractivity contribution in [3.05, 3.63) is 63.0 Å². The fourth-order valence-electron chi connectivity index (χ4n) is 3.02. The van der Waals surface area contributed by atoms with Gasteiger partial charge in [-0.25, -0.2) is 4.98 Å². The summed E-state index contributed by atoms with van der Waals surface area (Å²) >= 11 is 1.61. The Kier molecular flexibility index (Phi) is 2.59. The van der Waals surface area contributed by atoms with Crippen LogP contribution < -0.4 is 0 Å². The summed E-state index contributed by atoms with van der Waals surface area (Å²) in [5.41, 5.74) is 6.26. The topological polar surface area (TPSA) is 66.5 Å². The molecule has 2 heterocycles. The number of fused-ring (bicyclic) bond motifs is 2. The van der Waals surface area contributed by atoms with Gasteiger partial charge in [0.05, 0.1) is 17.1 Å². The van der Waals surface area contributed by atoms with Crippen molar-refractivity contribution in [1.82, 2.24) is 4.98 Å². The second-order valence-corrected chi connectivity index (χ2v) is 6.19. The number of thiazole rings is 1. The quantitative estimate of drug-likeness (QED) is 0.564. The lowest BCUT2D eigenvalue weighted by Gasteiger charge is -2.25. The van der Waals surface area contributed by atoms with Crippen LogP contribution in [-0.4, -0.2) is 15.2 Å². The number of benzene rings is 1. The summed E-state index contributed by atoms with van der Waals surface area (Å²) in [5.74, 6) is -0.350. The highest BCUT2D eigenvalue weighted by Gasteiger charge is 2.34. The van der Waals surface area contributed by atoms with Crippen molar-refractivity contribution in [2.24, 2.45) is 0 Å². The van der Waals surface area contributed by atoms with E-state index < -0.39 is 0 Å². The third kappa shape index (κ3) is 1.70. The smallest absolute Gasteiger partial charge is 0.201 e. The highest BCUT2D eigenvalue weighted by molar-refractivity contribution is 7.09. The van der Waals surface area contributed by atoms with Gasteiger partial charge in [0.25, 0.3) is 0 Å². The lowest BCUT2D eigenvalue weighted by Crippen LogP contribution is -2.14. The Bertz CT molecular complexity index is 834. The highest BCUT2D eigenvalue weighted by atomic mass is 32.1. The van der Waals surface area contributed by atoms with E-state index in [4.69, 9.17) is 4.42 Å². The number of hydrogen-bond acceptors (Lipinski definition) is 5. The molecule has 0 bridgehead atoms. The van der Waals surface area contributed by atoms with E-state index in [1.807, 2.05) is 17.6 Å². The number of aromatic nitrogens is 1. The Balaban J connectivity index is 2.00. The molecule has 0 amide bonds. The molecular weight excluding hydrogens is 286 g/mol. The van der Waals surface area contributed by atoms with Gasteiger partial charge in [0, 0.05) is 11.3 Å². The first-order valence-electron chi connectivity index (χ1n) is 6.66. The third-order valence-corrected chi connectivity index (χ3v) is 4.93. The van der Waals surface area contributed by atoms with Gasteiger partial charge in [0.15, 0.2) is 11.5 Å². The number of rotatable bonds is 1. The molecule has 1 aliphatic carbocycles. The lowest BCUT2D eigenvalue weighted by molar-refractivity contribution is 0.400. The second kappa shape index (κ2) is 4.36. The molecule has 0 fully saturated rings. The van der Waals surface area contributed by atoms with E-state index in [2.05, 4.69) is 18.0 Å². The van der Waals surface area contributed by atoms with Crippen LogP contribution in [0.25, 0.3) is 0 Å². The van der Waals surface area contributed by atoms with Gasteiger partial charge in [0.2, 0.25) is 5.75 Å². The molecular formula is C16H13NO3S. The Morgan fingerprint density at radius 2 is 2.19 bits per heavy atom. The number of furan rings is 1. The lowest BCUT2D eigenvalue weighted by atomic mass is 9.81. The molecule has 0 saturated carbocycles. The van der Waals surface area contributed by atoms with Crippen molar-refractivity contribution in [3.63, 3.8) is 0 Å². The van der Waals surface area contributed by atoms with Gasteiger partial charge in [0.1, 0.15) is 6.26 Å². The highest BCUT2D eigenvalue weighted by Crippen LogP contribution is 2.47. The van der Waals surface area contributed by atoms with Crippen molar-refractivity contribution >= 4 is 11.3 Å². The summed E-state index contributed by atoms with van der Waals surface area (Å²) in [6, 6.07) is 6.12. The zero-order chi connectivity index (χ0) is 14.6. The molecule has 1 atom stereocenters. The molecule has 1 aromatic carbocycles. The van der Waals surface area contributed by atoms with Crippen LogP contribution in [0.1, 0.15) is 38.9 Å². The first-order chi connectivity index (χ1) is 10.2. The predicted octanol–water partition coefficient (Wildman–Crippen LogP) is 3.54. The van der Waals surface area contributed by atoms with Crippen molar-refractivity contribution in [3.8, 4) is 11.5 Å². The number of nitrogens with zero attached hydrogens (tertiary/aromatic N) is 1. The monoisotopic (exact) mass is 299 g/mol. The van der Waals surface area contributed by atoms with Crippen molar-refractivity contribution in [1.29, 1.82) is 0 Å². The third-order valence-electron chi connectivity index (χ3n) is 4.08. The standard InChI is InChI=1S/C16H13NO3S/c1-8-3-2-4-9-10(8)5-12-14(17-7-21-12)13(9)16-15(19)11(18)6-20-16/h2-4,6-7,13,18-19H,5H2,1H3. The minimum Gasteiger partial charge on any atom is -0.502 e. The second-order valence-electron chi connectivity index (χ2n) is 5.25. The Hall–Kier alpha value is -2.27. The first-order valence-corrected chi connectivity index (χ1v) is 7.54. The van der Waals surface area contributed by atoms with E-state index in [0.29, 0.717) is 5.76 Å². The molecule has 0 aliphatic heterocycles. The molecule has 106 valence electrons. The number of hydrogen-bond donors (Lipinski definition) is 2. The molecule has 5 heteroatoms. The van der Waals surface area contributed by atoms with Crippen LogP contribution in [0.15, 0.2) is 34.4 Å². The molecule has 0 spiro atoms. The Morgan fingerprint density at radius 1 is 1.33 bits per heavy atom. The summed E-state index contributed by atoms with van der Waals surface area (Å²) in [6.07, 6.45) is 2.02. The van der Waals surface area contributed by atoms with Gasteiger partial charge in [-0.05, 0) is 23.6 Å². The van der Waals surface area contributed by atoms with Gasteiger partial charge in [-0.15, -0.1) is 11.3 Å². The normalized spacial score (nSPS) is 16.5. The van der Waals surface area contributed by atoms with Gasteiger partial charge >= 0.3 is 0 Å². The zero-order valence-corrected chi connectivity index (χ0v) is 12.1. The van der Waals surface area contributed by atoms with Gasteiger partial charge < -0.3 is 14.6 Å². The van der Waals surface area contributed by atoms with Crippen LogP contribution in [0.3, 0.4) is 0 Å². The number of aromatic hydroxyl groups is 2. The molecule has 2 aromatic heterocycles. The summed E-state index contributed by atoms with van der Waals surface area (Å²) in [7, 11) is 0. The van der Waals surface area contributed by atoms with Crippen LogP contribution in [0, 0.1) is 6.92 Å². The van der Waals surface area contributed by atoms with Crippen LogP contribution >= 0.6 is 11.3 Å². The maximum absolute atomic E-state index is 10.1. The molecule has 2 N–H and O–H groups in total. The molecule has 0 radical (unpaired) electrons. The van der Waals surface area contributed by atoms with Crippen LogP contribution in [0.2, 0.25) is 0 Å². The maximum Gasteiger partial charge on any atom is 0.201 e. The van der Waals surface area contributed by atoms with E-state index in [1.165, 1.54) is 22.3 Å². The average Bonchev–Trinajstić information content (AvgIpc) is 3.06. The fourth-order valence-corrected chi connectivity index (χ4v) is 3.83. The van der Waals surface area contributed by atoms with E-state index in [9.17, 15) is 10.2 Å². The maximum atomic E-state index is 10.1. The predicted molar refractivity (Wildman–Crippen MR) is 79.1 cm³/mol. The van der Waals surface area contributed by atoms with E-state index in [0.717, 1.165) is 17.7 Å². The molecule has 0 saturated heterocycles. The number of aryl methyl sites for hydroxylation is 1. The van der Waals surface area contributed by atoms with Crippen molar-refractivity contribution < 1.29 is 14.6 Å². The van der Waals surface area contributed by atoms with E-state index in [-0.39, 0.29) is 17.4 Å². The van der Waals surface area contributed by atoms with Crippen molar-refractivity contribution in [2.75, 3.05) is 0 Å².